The highest BCUT2D eigenvalue weighted by molar-refractivity contribution is 4.55. The van der Waals surface area contributed by atoms with Crippen molar-refractivity contribution in [1.29, 1.82) is 0 Å². The minimum atomic E-state index is 0.123. The van der Waals surface area contributed by atoms with Crippen LogP contribution in [0.15, 0.2) is 0 Å². The Kier molecular flexibility index (Phi) is 7.83. The topological polar surface area (TPSA) is 58.9 Å². The molecule has 0 spiro atoms. The van der Waals surface area contributed by atoms with E-state index in [1.165, 1.54) is 7.11 Å². The zero-order chi connectivity index (χ0) is 8.53. The number of hydrogen-bond donors (Lipinski definition) is 2. The van der Waals surface area contributed by atoms with Gasteiger partial charge in [-0.3, -0.25) is 0 Å². The lowest BCUT2D eigenvalue weighted by Gasteiger charge is -2.12. The van der Waals surface area contributed by atoms with E-state index < -0.39 is 0 Å². The number of aliphatic hydroxyl groups excluding tert-OH is 2. The van der Waals surface area contributed by atoms with Gasteiger partial charge in [-0.05, 0) is 18.8 Å². The van der Waals surface area contributed by atoms with Gasteiger partial charge in [0.1, 0.15) is 0 Å². The Labute approximate surface area is 66.7 Å². The van der Waals surface area contributed by atoms with Crippen LogP contribution in [-0.2, 0) is 9.78 Å². The van der Waals surface area contributed by atoms with E-state index in [4.69, 9.17) is 10.2 Å². The molecule has 4 nitrogen and oxygen atoms in total. The first-order valence-electron chi connectivity index (χ1n) is 3.72. The van der Waals surface area contributed by atoms with Crippen molar-refractivity contribution in [3.05, 3.63) is 0 Å². The molecule has 0 saturated heterocycles. The minimum absolute atomic E-state index is 0.123. The van der Waals surface area contributed by atoms with Crippen LogP contribution in [0.1, 0.15) is 12.8 Å². The molecule has 0 aliphatic carbocycles. The lowest BCUT2D eigenvalue weighted by atomic mass is 10.0. The van der Waals surface area contributed by atoms with Gasteiger partial charge in [0.15, 0.2) is 0 Å². The molecule has 68 valence electrons. The van der Waals surface area contributed by atoms with Crippen molar-refractivity contribution in [2.75, 3.05) is 26.9 Å². The van der Waals surface area contributed by atoms with E-state index in [1.54, 1.807) is 0 Å². The molecule has 0 fully saturated rings. The van der Waals surface area contributed by atoms with Crippen molar-refractivity contribution < 1.29 is 20.0 Å². The maximum Gasteiger partial charge on any atom is 0.0852 e. The molecule has 0 aromatic carbocycles. The molecule has 0 heterocycles. The fraction of sp³-hybridized carbons (Fsp3) is 1.00. The third-order valence-electron chi connectivity index (χ3n) is 1.50. The van der Waals surface area contributed by atoms with Gasteiger partial charge in [0.25, 0.3) is 0 Å². The Bertz CT molecular complexity index is 70.8. The van der Waals surface area contributed by atoms with Crippen LogP contribution in [0.3, 0.4) is 0 Å². The van der Waals surface area contributed by atoms with Crippen LogP contribution in [0.25, 0.3) is 0 Å². The van der Waals surface area contributed by atoms with Crippen LogP contribution >= 0.6 is 0 Å². The second-order valence-corrected chi connectivity index (χ2v) is 2.34. The molecule has 2 N–H and O–H groups in total. The summed E-state index contributed by atoms with van der Waals surface area (Å²) in [4.78, 5) is 9.08. The smallest absolute Gasteiger partial charge is 0.0852 e. The molecule has 4 heteroatoms. The molecule has 0 aliphatic rings. The molecule has 0 bridgehead atoms. The van der Waals surface area contributed by atoms with Gasteiger partial charge in [-0.2, -0.15) is 0 Å². The van der Waals surface area contributed by atoms with E-state index in [2.05, 4.69) is 9.78 Å². The van der Waals surface area contributed by atoms with Gasteiger partial charge in [-0.15, -0.1) is 0 Å². The molecule has 0 aliphatic heterocycles. The maximum absolute atomic E-state index is 8.58. The van der Waals surface area contributed by atoms with Gasteiger partial charge in [0, 0.05) is 13.2 Å². The standard InChI is InChI=1S/C7H16O4/c1-10-11-6-7(2-4-8)3-5-9/h7-9H,2-6H2,1H3. The van der Waals surface area contributed by atoms with E-state index in [0.717, 1.165) is 0 Å². The molecular weight excluding hydrogens is 148 g/mol. The molecule has 0 atom stereocenters. The van der Waals surface area contributed by atoms with Gasteiger partial charge in [-0.1, -0.05) is 0 Å². The van der Waals surface area contributed by atoms with E-state index in [1.807, 2.05) is 0 Å². The lowest BCUT2D eigenvalue weighted by Crippen LogP contribution is -2.12. The van der Waals surface area contributed by atoms with E-state index in [9.17, 15) is 0 Å². The number of hydrogen-bond acceptors (Lipinski definition) is 4. The van der Waals surface area contributed by atoms with Crippen LogP contribution in [0.2, 0.25) is 0 Å². The van der Waals surface area contributed by atoms with E-state index in [0.29, 0.717) is 19.4 Å². The van der Waals surface area contributed by atoms with Crippen LogP contribution in [0, 0.1) is 5.92 Å². The Morgan fingerprint density at radius 1 is 1.18 bits per heavy atom. The van der Waals surface area contributed by atoms with Gasteiger partial charge in [-0.25, -0.2) is 9.78 Å². The third-order valence-corrected chi connectivity index (χ3v) is 1.50. The minimum Gasteiger partial charge on any atom is -0.396 e. The SMILES string of the molecule is COOCC(CCO)CCO. The predicted octanol–water partition coefficient (Wildman–Crippen LogP) is -0.0546. The van der Waals surface area contributed by atoms with E-state index >= 15 is 0 Å². The van der Waals surface area contributed by atoms with Gasteiger partial charge in [0.2, 0.25) is 0 Å². The molecule has 0 radical (unpaired) electrons. The summed E-state index contributed by atoms with van der Waals surface area (Å²) in [6.45, 7) is 0.674. The molecule has 0 saturated carbocycles. The van der Waals surface area contributed by atoms with E-state index in [-0.39, 0.29) is 19.1 Å². The first-order chi connectivity index (χ1) is 5.35. The fourth-order valence-electron chi connectivity index (χ4n) is 0.840. The van der Waals surface area contributed by atoms with Crippen molar-refractivity contribution in [3.63, 3.8) is 0 Å². The number of rotatable bonds is 7. The second kappa shape index (κ2) is 7.94. The van der Waals surface area contributed by atoms with Gasteiger partial charge >= 0.3 is 0 Å². The summed E-state index contributed by atoms with van der Waals surface area (Å²) in [5.74, 6) is 0.185. The van der Waals surface area contributed by atoms with Crippen molar-refractivity contribution in [2.24, 2.45) is 5.92 Å². The Balaban J connectivity index is 3.34. The molecular formula is C7H16O4. The highest BCUT2D eigenvalue weighted by Gasteiger charge is 2.07. The summed E-state index contributed by atoms with van der Waals surface area (Å²) in [5, 5.41) is 17.2. The summed E-state index contributed by atoms with van der Waals surface area (Å²) in [6.07, 6.45) is 1.29. The summed E-state index contributed by atoms with van der Waals surface area (Å²) in [7, 11) is 1.44. The Morgan fingerprint density at radius 3 is 2.09 bits per heavy atom. The molecule has 0 amide bonds. The van der Waals surface area contributed by atoms with Crippen LogP contribution in [-0.4, -0.2) is 37.1 Å². The second-order valence-electron chi connectivity index (χ2n) is 2.34. The van der Waals surface area contributed by atoms with Crippen molar-refractivity contribution in [1.82, 2.24) is 0 Å². The average molecular weight is 164 g/mol. The lowest BCUT2D eigenvalue weighted by molar-refractivity contribution is -0.280. The van der Waals surface area contributed by atoms with Crippen molar-refractivity contribution >= 4 is 0 Å². The average Bonchev–Trinajstić information content (AvgIpc) is 2.01. The third kappa shape index (κ3) is 6.25. The van der Waals surface area contributed by atoms with Gasteiger partial charge in [0.05, 0.1) is 13.7 Å². The molecule has 0 aromatic heterocycles. The van der Waals surface area contributed by atoms with Crippen LogP contribution < -0.4 is 0 Å². The maximum atomic E-state index is 8.58. The quantitative estimate of drug-likeness (QED) is 0.409. The predicted molar refractivity (Wildman–Crippen MR) is 39.9 cm³/mol. The monoisotopic (exact) mass is 164 g/mol. The van der Waals surface area contributed by atoms with Gasteiger partial charge < -0.3 is 10.2 Å². The normalized spacial score (nSPS) is 10.9. The highest BCUT2D eigenvalue weighted by Crippen LogP contribution is 2.07. The molecule has 11 heavy (non-hydrogen) atoms. The molecule has 0 aromatic rings. The molecule has 0 rings (SSSR count). The summed E-state index contributed by atoms with van der Waals surface area (Å²) >= 11 is 0. The zero-order valence-corrected chi connectivity index (χ0v) is 6.82. The van der Waals surface area contributed by atoms with Crippen molar-refractivity contribution in [2.45, 2.75) is 12.8 Å². The highest BCUT2D eigenvalue weighted by atomic mass is 17.2. The molecule has 0 unspecified atom stereocenters. The first-order valence-corrected chi connectivity index (χ1v) is 3.72. The first kappa shape index (κ1) is 10.8. The van der Waals surface area contributed by atoms with Crippen LogP contribution in [0.5, 0.6) is 0 Å². The Hall–Kier alpha value is -0.160. The Morgan fingerprint density at radius 2 is 1.73 bits per heavy atom. The largest absolute Gasteiger partial charge is 0.396 e. The summed E-state index contributed by atoms with van der Waals surface area (Å²) in [5.41, 5.74) is 0. The van der Waals surface area contributed by atoms with Crippen LogP contribution in [0.4, 0.5) is 0 Å². The summed E-state index contributed by atoms with van der Waals surface area (Å²) < 4.78 is 0. The zero-order valence-electron chi connectivity index (χ0n) is 6.82. The fourth-order valence-corrected chi connectivity index (χ4v) is 0.840. The number of aliphatic hydroxyl groups is 2. The van der Waals surface area contributed by atoms with Crippen molar-refractivity contribution in [3.8, 4) is 0 Å². The summed E-state index contributed by atoms with van der Waals surface area (Å²) in [6, 6.07) is 0.